The molecule has 1 heterocycles. The average molecular weight is 311 g/mol. The van der Waals surface area contributed by atoms with Gasteiger partial charge in [-0.2, -0.15) is 4.98 Å². The normalized spacial score (nSPS) is 11.0. The van der Waals surface area contributed by atoms with E-state index in [1.54, 1.807) is 0 Å². The molecule has 2 aromatic rings. The minimum absolute atomic E-state index is 0.129. The summed E-state index contributed by atoms with van der Waals surface area (Å²) in [6.07, 6.45) is 1.05. The number of sulfonamides is 1. The highest BCUT2D eigenvalue weighted by molar-refractivity contribution is 7.89. The Morgan fingerprint density at radius 2 is 2.24 bits per heavy atom. The summed E-state index contributed by atoms with van der Waals surface area (Å²) in [6, 6.07) is 3.41. The Balaban J connectivity index is 2.19. The lowest BCUT2D eigenvalue weighted by Crippen LogP contribution is -2.24. The summed E-state index contributed by atoms with van der Waals surface area (Å²) in [4.78, 5) is 3.13. The van der Waals surface area contributed by atoms with Crippen molar-refractivity contribution >= 4 is 10.0 Å². The summed E-state index contributed by atoms with van der Waals surface area (Å²) in [5, 5.41) is 12.0. The number of hydrogen-bond acceptors (Lipinski definition) is 6. The fourth-order valence-corrected chi connectivity index (χ4v) is 2.48. The molecule has 7 nitrogen and oxygen atoms in total. The number of benzene rings is 1. The highest BCUT2D eigenvalue weighted by Gasteiger charge is 2.19. The van der Waals surface area contributed by atoms with Crippen LogP contribution >= 0.6 is 0 Å². The third-order valence-corrected chi connectivity index (χ3v) is 3.79. The van der Waals surface area contributed by atoms with Crippen molar-refractivity contribution in [2.24, 2.45) is 0 Å². The van der Waals surface area contributed by atoms with E-state index in [0.29, 0.717) is 0 Å². The van der Waals surface area contributed by atoms with Crippen LogP contribution in [0.3, 0.4) is 0 Å². The average Bonchev–Trinajstić information content (AvgIpc) is 2.96. The van der Waals surface area contributed by atoms with Crippen molar-refractivity contribution in [2.75, 3.05) is 6.61 Å². The van der Waals surface area contributed by atoms with Gasteiger partial charge in [-0.1, -0.05) is 17.0 Å². The second-order valence-electron chi connectivity index (χ2n) is 3.78. The Morgan fingerprint density at radius 3 is 2.86 bits per heavy atom. The molecule has 0 aliphatic carbocycles. The zero-order chi connectivity index (χ0) is 15.3. The second kappa shape index (κ2) is 6.45. The molecule has 0 fully saturated rings. The third-order valence-electron chi connectivity index (χ3n) is 2.36. The monoisotopic (exact) mass is 311 g/mol. The Labute approximate surface area is 119 Å². The van der Waals surface area contributed by atoms with Crippen molar-refractivity contribution in [3.63, 3.8) is 0 Å². The van der Waals surface area contributed by atoms with Gasteiger partial charge in [0.2, 0.25) is 16.4 Å². The maximum absolute atomic E-state index is 13.8. The predicted octanol–water partition coefficient (Wildman–Crippen LogP) is 0.0310. The molecule has 2 N–H and O–H groups in total. The van der Waals surface area contributed by atoms with Gasteiger partial charge in [0.05, 0.1) is 6.54 Å². The van der Waals surface area contributed by atoms with Gasteiger partial charge in [-0.25, -0.2) is 17.5 Å². The lowest BCUT2D eigenvalue weighted by atomic mass is 10.2. The fraction of sp³-hybridized carbons (Fsp3) is 0.167. The van der Waals surface area contributed by atoms with Crippen molar-refractivity contribution in [3.05, 3.63) is 41.8 Å². The van der Waals surface area contributed by atoms with E-state index >= 15 is 0 Å². The summed E-state index contributed by atoms with van der Waals surface area (Å²) < 4.78 is 44.4. The Kier molecular flexibility index (Phi) is 4.64. The largest absolute Gasteiger partial charge is 0.384 e. The van der Waals surface area contributed by atoms with Crippen LogP contribution in [0.2, 0.25) is 0 Å². The first-order valence-corrected chi connectivity index (χ1v) is 7.15. The third kappa shape index (κ3) is 3.85. The molecule has 1 aromatic heterocycles. The number of aliphatic hydroxyl groups excluding tert-OH is 1. The first-order valence-electron chi connectivity index (χ1n) is 5.67. The van der Waals surface area contributed by atoms with Crippen LogP contribution in [0.5, 0.6) is 0 Å². The number of nitrogens with one attached hydrogen (secondary N) is 1. The number of nitrogens with zero attached hydrogens (tertiary/aromatic N) is 2. The number of halogens is 1. The van der Waals surface area contributed by atoms with Gasteiger partial charge >= 0.3 is 0 Å². The molecule has 0 amide bonds. The van der Waals surface area contributed by atoms with Crippen LogP contribution in [0.15, 0.2) is 34.0 Å². The molecule has 0 bridgehead atoms. The number of aliphatic hydroxyl groups is 1. The fourth-order valence-electron chi connectivity index (χ4n) is 1.45. The number of aromatic nitrogens is 2. The van der Waals surface area contributed by atoms with Crippen LogP contribution in [0.4, 0.5) is 4.39 Å². The highest BCUT2D eigenvalue weighted by Crippen LogP contribution is 2.15. The highest BCUT2D eigenvalue weighted by atomic mass is 32.2. The van der Waals surface area contributed by atoms with Crippen LogP contribution in [-0.2, 0) is 16.6 Å². The van der Waals surface area contributed by atoms with E-state index in [9.17, 15) is 12.8 Å². The van der Waals surface area contributed by atoms with E-state index in [2.05, 4.69) is 31.2 Å². The van der Waals surface area contributed by atoms with Crippen molar-refractivity contribution < 1.29 is 22.4 Å². The van der Waals surface area contributed by atoms with Gasteiger partial charge < -0.3 is 9.63 Å². The molecular formula is C12H10FN3O4S. The first kappa shape index (κ1) is 15.1. The molecule has 0 aliphatic heterocycles. The van der Waals surface area contributed by atoms with Crippen LogP contribution < -0.4 is 4.72 Å². The summed E-state index contributed by atoms with van der Waals surface area (Å²) in [6.45, 7) is -0.585. The first-order chi connectivity index (χ1) is 10.0. The van der Waals surface area contributed by atoms with Gasteiger partial charge in [-0.05, 0) is 18.2 Å². The van der Waals surface area contributed by atoms with E-state index in [0.717, 1.165) is 18.5 Å². The van der Waals surface area contributed by atoms with Gasteiger partial charge in [-0.15, -0.1) is 0 Å². The summed E-state index contributed by atoms with van der Waals surface area (Å²) in [5.41, 5.74) is 0.263. The lowest BCUT2D eigenvalue weighted by molar-refractivity contribution is 0.350. The lowest BCUT2D eigenvalue weighted by Gasteiger charge is -2.06. The number of hydrogen-bond donors (Lipinski definition) is 2. The summed E-state index contributed by atoms with van der Waals surface area (Å²) in [7, 11) is -4.05. The van der Waals surface area contributed by atoms with Gasteiger partial charge in [0.15, 0.2) is 5.82 Å². The van der Waals surface area contributed by atoms with E-state index in [1.807, 2.05) is 0 Å². The predicted molar refractivity (Wildman–Crippen MR) is 68.7 cm³/mol. The molecule has 0 unspecified atom stereocenters. The SMILES string of the molecule is O=S(=O)(NCc1ncon1)c1ccc(C#CCO)cc1F. The Morgan fingerprint density at radius 1 is 1.43 bits per heavy atom. The maximum atomic E-state index is 13.8. The van der Waals surface area contributed by atoms with Crippen LogP contribution in [0, 0.1) is 17.7 Å². The quantitative estimate of drug-likeness (QED) is 0.772. The molecule has 0 saturated heterocycles. The molecule has 1 aromatic carbocycles. The molecule has 0 saturated carbocycles. The molecule has 0 spiro atoms. The van der Waals surface area contributed by atoms with Crippen molar-refractivity contribution in [3.8, 4) is 11.8 Å². The van der Waals surface area contributed by atoms with Gasteiger partial charge in [0.25, 0.3) is 0 Å². The van der Waals surface area contributed by atoms with E-state index < -0.39 is 20.7 Å². The number of rotatable bonds is 4. The molecule has 0 atom stereocenters. The zero-order valence-electron chi connectivity index (χ0n) is 10.6. The van der Waals surface area contributed by atoms with Crippen LogP contribution in [0.1, 0.15) is 11.4 Å². The van der Waals surface area contributed by atoms with Crippen LogP contribution in [-0.4, -0.2) is 30.3 Å². The molecule has 9 heteroatoms. The van der Waals surface area contributed by atoms with Crippen molar-refractivity contribution in [2.45, 2.75) is 11.4 Å². The van der Waals surface area contributed by atoms with Gasteiger partial charge in [-0.3, -0.25) is 0 Å². The molecule has 110 valence electrons. The Bertz CT molecular complexity index is 779. The topological polar surface area (TPSA) is 105 Å². The molecule has 0 aliphatic rings. The minimum Gasteiger partial charge on any atom is -0.384 e. The smallest absolute Gasteiger partial charge is 0.243 e. The molecule has 0 radical (unpaired) electrons. The summed E-state index contributed by atoms with van der Waals surface area (Å²) >= 11 is 0. The van der Waals surface area contributed by atoms with Crippen molar-refractivity contribution in [1.82, 2.24) is 14.9 Å². The molecular weight excluding hydrogens is 301 g/mol. The van der Waals surface area contributed by atoms with Crippen LogP contribution in [0.25, 0.3) is 0 Å². The maximum Gasteiger partial charge on any atom is 0.243 e. The van der Waals surface area contributed by atoms with E-state index in [-0.39, 0.29) is 24.5 Å². The van der Waals surface area contributed by atoms with E-state index in [4.69, 9.17) is 5.11 Å². The zero-order valence-corrected chi connectivity index (χ0v) is 11.4. The van der Waals surface area contributed by atoms with E-state index in [1.165, 1.54) is 6.07 Å². The molecule has 2 rings (SSSR count). The van der Waals surface area contributed by atoms with Crippen molar-refractivity contribution in [1.29, 1.82) is 0 Å². The summed E-state index contributed by atoms with van der Waals surface area (Å²) in [5.74, 6) is 4.01. The van der Waals surface area contributed by atoms with Gasteiger partial charge in [0.1, 0.15) is 17.3 Å². The Hall–Kier alpha value is -2.28. The second-order valence-corrected chi connectivity index (χ2v) is 5.51. The standard InChI is InChI=1S/C12H10FN3O4S/c13-10-6-9(2-1-5-17)3-4-11(10)21(18,19)15-7-12-14-8-20-16-12/h3-4,6,8,15,17H,5,7H2. The van der Waals surface area contributed by atoms with Gasteiger partial charge in [0, 0.05) is 5.56 Å². The molecule has 21 heavy (non-hydrogen) atoms. The minimum atomic E-state index is -4.05.